The first-order valence-corrected chi connectivity index (χ1v) is 12.3. The average Bonchev–Trinajstić information content (AvgIpc) is 3.34. The molecule has 2 heterocycles. The highest BCUT2D eigenvalue weighted by molar-refractivity contribution is 6.36. The summed E-state index contributed by atoms with van der Waals surface area (Å²) in [7, 11) is 0. The Labute approximate surface area is 213 Å². The minimum absolute atomic E-state index is 0.140. The average molecular weight is 501 g/mol. The molecule has 1 saturated carbocycles. The smallest absolute Gasteiger partial charge is 0.196 e. The van der Waals surface area contributed by atoms with Gasteiger partial charge in [0.05, 0.1) is 27.2 Å². The van der Waals surface area contributed by atoms with Crippen molar-refractivity contribution in [3.05, 3.63) is 82.6 Å². The van der Waals surface area contributed by atoms with Crippen LogP contribution in [0.5, 0.6) is 11.5 Å². The van der Waals surface area contributed by atoms with Crippen LogP contribution in [0.25, 0.3) is 11.0 Å². The van der Waals surface area contributed by atoms with Gasteiger partial charge in [-0.15, -0.1) is 0 Å². The van der Waals surface area contributed by atoms with Crippen molar-refractivity contribution in [2.75, 3.05) is 11.9 Å². The van der Waals surface area contributed by atoms with Crippen molar-refractivity contribution < 1.29 is 14.6 Å². The van der Waals surface area contributed by atoms with Crippen molar-refractivity contribution in [2.45, 2.75) is 31.7 Å². The highest BCUT2D eigenvalue weighted by atomic mass is 35.5. The summed E-state index contributed by atoms with van der Waals surface area (Å²) in [4.78, 5) is 21.0. The summed E-state index contributed by atoms with van der Waals surface area (Å²) in [6.45, 7) is 0.196. The number of aromatic nitrogens is 2. The number of para-hydroxylation sites is 1. The molecule has 1 fully saturated rings. The van der Waals surface area contributed by atoms with E-state index < -0.39 is 0 Å². The van der Waals surface area contributed by atoms with Gasteiger partial charge >= 0.3 is 0 Å². The van der Waals surface area contributed by atoms with E-state index in [1.54, 1.807) is 24.4 Å². The monoisotopic (exact) mass is 500 g/mol. The van der Waals surface area contributed by atoms with Gasteiger partial charge in [-0.05, 0) is 55.9 Å². The summed E-state index contributed by atoms with van der Waals surface area (Å²) < 4.78 is 5.83. The quantitative estimate of drug-likeness (QED) is 0.265. The SMILES string of the molecule is N#Cc1cnc2[nH]cc(C(=O)c3ccc(Oc4ccccc4)cc3Cl)c2c1NC1CCC(CO)CC1. The molecule has 2 aromatic carbocycles. The Kier molecular flexibility index (Phi) is 6.90. The van der Waals surface area contributed by atoms with E-state index in [1.165, 1.54) is 6.20 Å². The van der Waals surface area contributed by atoms with Gasteiger partial charge in [-0.25, -0.2) is 4.98 Å². The number of aliphatic hydroxyl groups excluding tert-OH is 1. The van der Waals surface area contributed by atoms with E-state index in [0.717, 1.165) is 25.7 Å². The maximum Gasteiger partial charge on any atom is 0.196 e. The van der Waals surface area contributed by atoms with Gasteiger partial charge in [-0.3, -0.25) is 4.79 Å². The van der Waals surface area contributed by atoms with Gasteiger partial charge in [-0.1, -0.05) is 29.8 Å². The van der Waals surface area contributed by atoms with Crippen LogP contribution >= 0.6 is 11.6 Å². The van der Waals surface area contributed by atoms with Crippen molar-refractivity contribution in [1.29, 1.82) is 5.26 Å². The number of fused-ring (bicyclic) bond motifs is 1. The van der Waals surface area contributed by atoms with Gasteiger partial charge in [0.25, 0.3) is 0 Å². The number of nitrogens with zero attached hydrogens (tertiary/aromatic N) is 2. The number of rotatable bonds is 7. The van der Waals surface area contributed by atoms with Crippen molar-refractivity contribution >= 4 is 34.1 Å². The van der Waals surface area contributed by atoms with Gasteiger partial charge in [0, 0.05) is 36.7 Å². The highest BCUT2D eigenvalue weighted by Crippen LogP contribution is 2.35. The fourth-order valence-electron chi connectivity index (χ4n) is 4.72. The molecule has 0 spiro atoms. The molecule has 0 unspecified atom stereocenters. The topological polar surface area (TPSA) is 111 Å². The van der Waals surface area contributed by atoms with Crippen LogP contribution in [-0.2, 0) is 0 Å². The fourth-order valence-corrected chi connectivity index (χ4v) is 4.97. The van der Waals surface area contributed by atoms with Gasteiger partial charge < -0.3 is 20.1 Å². The maximum atomic E-state index is 13.6. The summed E-state index contributed by atoms with van der Waals surface area (Å²) in [5.74, 6) is 1.23. The Hall–Kier alpha value is -3.86. The molecule has 4 aromatic rings. The normalized spacial score (nSPS) is 17.5. The second-order valence-electron chi connectivity index (χ2n) is 9.02. The summed E-state index contributed by atoms with van der Waals surface area (Å²) in [6.07, 6.45) is 6.70. The molecule has 0 saturated heterocycles. The van der Waals surface area contributed by atoms with E-state index in [1.807, 2.05) is 30.3 Å². The molecule has 0 amide bonds. The lowest BCUT2D eigenvalue weighted by atomic mass is 9.86. The Morgan fingerprint density at radius 1 is 1.14 bits per heavy atom. The zero-order chi connectivity index (χ0) is 25.1. The molecule has 7 nitrogen and oxygen atoms in total. The third kappa shape index (κ3) is 4.78. The molecular formula is C28H25ClN4O3. The number of nitrogens with one attached hydrogen (secondary N) is 2. The van der Waals surface area contributed by atoms with Crippen LogP contribution in [0.4, 0.5) is 5.69 Å². The van der Waals surface area contributed by atoms with Crippen LogP contribution in [-0.4, -0.2) is 33.5 Å². The van der Waals surface area contributed by atoms with Crippen LogP contribution in [0, 0.1) is 17.2 Å². The molecule has 5 rings (SSSR count). The van der Waals surface area contributed by atoms with Gasteiger partial charge in [-0.2, -0.15) is 5.26 Å². The molecule has 0 bridgehead atoms. The van der Waals surface area contributed by atoms with E-state index in [9.17, 15) is 15.2 Å². The number of nitriles is 1. The molecule has 1 aliphatic rings. The number of carbonyl (C=O) groups is 1. The number of hydrogen-bond acceptors (Lipinski definition) is 6. The molecule has 2 aromatic heterocycles. The number of halogens is 1. The molecule has 1 aliphatic carbocycles. The fraction of sp³-hybridized carbons (Fsp3) is 0.250. The molecule has 0 radical (unpaired) electrons. The van der Waals surface area contributed by atoms with Gasteiger partial charge in [0.1, 0.15) is 23.2 Å². The van der Waals surface area contributed by atoms with Crippen LogP contribution in [0.15, 0.2) is 60.9 Å². The molecule has 0 aliphatic heterocycles. The number of aromatic amines is 1. The lowest BCUT2D eigenvalue weighted by molar-refractivity contribution is 0.104. The first-order chi connectivity index (χ1) is 17.6. The first-order valence-electron chi connectivity index (χ1n) is 11.9. The highest BCUT2D eigenvalue weighted by Gasteiger charge is 2.25. The van der Waals surface area contributed by atoms with Gasteiger partial charge in [0.2, 0.25) is 0 Å². The zero-order valence-corrected chi connectivity index (χ0v) is 20.3. The number of hydrogen-bond donors (Lipinski definition) is 3. The Bertz CT molecular complexity index is 1440. The van der Waals surface area contributed by atoms with E-state index in [2.05, 4.69) is 21.4 Å². The zero-order valence-electron chi connectivity index (χ0n) is 19.5. The molecule has 36 heavy (non-hydrogen) atoms. The molecular weight excluding hydrogens is 476 g/mol. The number of carbonyl (C=O) groups excluding carboxylic acids is 1. The minimum atomic E-state index is -0.276. The summed E-state index contributed by atoms with van der Waals surface area (Å²) in [5.41, 5.74) is 2.21. The van der Waals surface area contributed by atoms with Crippen molar-refractivity contribution in [3.8, 4) is 17.6 Å². The van der Waals surface area contributed by atoms with Gasteiger partial charge in [0.15, 0.2) is 5.78 Å². The lowest BCUT2D eigenvalue weighted by Gasteiger charge is -2.29. The van der Waals surface area contributed by atoms with Crippen molar-refractivity contribution in [2.24, 2.45) is 5.92 Å². The number of benzene rings is 2. The third-order valence-corrected chi connectivity index (χ3v) is 7.00. The number of anilines is 1. The van der Waals surface area contributed by atoms with Crippen LogP contribution < -0.4 is 10.1 Å². The van der Waals surface area contributed by atoms with Crippen molar-refractivity contribution in [3.63, 3.8) is 0 Å². The van der Waals surface area contributed by atoms with E-state index >= 15 is 0 Å². The predicted molar refractivity (Wildman–Crippen MR) is 139 cm³/mol. The molecule has 8 heteroatoms. The maximum absolute atomic E-state index is 13.6. The second-order valence-corrected chi connectivity index (χ2v) is 9.42. The number of ketones is 1. The van der Waals surface area contributed by atoms with E-state index in [4.69, 9.17) is 16.3 Å². The number of pyridine rings is 1. The van der Waals surface area contributed by atoms with Crippen LogP contribution in [0.2, 0.25) is 5.02 Å². The van der Waals surface area contributed by atoms with E-state index in [-0.39, 0.29) is 23.5 Å². The summed E-state index contributed by atoms with van der Waals surface area (Å²) in [6, 6.07) is 16.6. The minimum Gasteiger partial charge on any atom is -0.457 e. The molecule has 0 atom stereocenters. The predicted octanol–water partition coefficient (Wildman–Crippen LogP) is 6.07. The summed E-state index contributed by atoms with van der Waals surface area (Å²) >= 11 is 6.52. The second kappa shape index (κ2) is 10.4. The number of aliphatic hydroxyl groups is 1. The van der Waals surface area contributed by atoms with Crippen molar-refractivity contribution in [1.82, 2.24) is 9.97 Å². The standard InChI is InChI=1S/C28H25ClN4O3/c29-24-12-21(36-20-4-2-1-3-5-20)10-11-22(24)27(35)23-15-32-28-25(23)26(18(13-30)14-31-28)33-19-8-6-17(16-34)7-9-19/h1-5,10-12,14-15,17,19,34H,6-9,16H2,(H2,31,32,33). The number of ether oxygens (including phenoxy) is 1. The number of H-pyrrole nitrogens is 1. The Morgan fingerprint density at radius 3 is 2.61 bits per heavy atom. The van der Waals surface area contributed by atoms with Crippen LogP contribution in [0.1, 0.15) is 47.2 Å². The molecule has 3 N–H and O–H groups in total. The first kappa shape index (κ1) is 23.9. The summed E-state index contributed by atoms with van der Waals surface area (Å²) in [5, 5.41) is 23.6. The van der Waals surface area contributed by atoms with E-state index in [0.29, 0.717) is 50.8 Å². The van der Waals surface area contributed by atoms with Crippen LogP contribution in [0.3, 0.4) is 0 Å². The third-order valence-electron chi connectivity index (χ3n) is 6.68. The Morgan fingerprint density at radius 2 is 1.92 bits per heavy atom. The largest absolute Gasteiger partial charge is 0.457 e. The Balaban J connectivity index is 1.47. The molecule has 182 valence electrons. The lowest BCUT2D eigenvalue weighted by Crippen LogP contribution is -2.27.